The van der Waals surface area contributed by atoms with Gasteiger partial charge in [-0.05, 0) is 78.8 Å². The Hall–Kier alpha value is -6.86. The lowest BCUT2D eigenvalue weighted by Gasteiger charge is -2.30. The number of oxime groups is 2. The number of rotatable bonds is 13. The molecule has 0 saturated carbocycles. The summed E-state index contributed by atoms with van der Waals surface area (Å²) in [4.78, 5) is 36.7. The molecule has 6 aromatic carbocycles. The first-order chi connectivity index (χ1) is 27.4. The zero-order chi connectivity index (χ0) is 38.7. The molecule has 7 nitrogen and oxygen atoms in total. The predicted octanol–water partition coefficient (Wildman–Crippen LogP) is 9.01. The lowest BCUT2D eigenvalue weighted by atomic mass is 9.95. The number of benzene rings is 6. The van der Waals surface area contributed by atoms with Crippen LogP contribution in [0.3, 0.4) is 0 Å². The van der Waals surface area contributed by atoms with Gasteiger partial charge in [0.2, 0.25) is 0 Å². The van der Waals surface area contributed by atoms with Gasteiger partial charge in [0.25, 0.3) is 0 Å². The highest BCUT2D eigenvalue weighted by Crippen LogP contribution is 2.35. The van der Waals surface area contributed by atoms with E-state index in [2.05, 4.69) is 100 Å². The molecule has 56 heavy (non-hydrogen) atoms. The SMILES string of the molecule is CC(=O)O/N=C(/c1ccccc1)c1ccc(N(C2=c3ccccc3=CCC2)c2cc(CCCc3ccccc3)cc(/C(=N\OC(C)=O)c3ccccc3)c2)cc1. The molecule has 0 aromatic heterocycles. The Morgan fingerprint density at radius 3 is 1.71 bits per heavy atom. The minimum Gasteiger partial charge on any atom is -0.318 e. The summed E-state index contributed by atoms with van der Waals surface area (Å²) in [5.74, 6) is -0.978. The van der Waals surface area contributed by atoms with Crippen LogP contribution in [0, 0.1) is 0 Å². The zero-order valence-electron chi connectivity index (χ0n) is 31.6. The van der Waals surface area contributed by atoms with Gasteiger partial charge < -0.3 is 14.6 Å². The van der Waals surface area contributed by atoms with E-state index >= 15 is 0 Å². The van der Waals surface area contributed by atoms with E-state index in [1.54, 1.807) is 0 Å². The quantitative estimate of drug-likeness (QED) is 0.0672. The van der Waals surface area contributed by atoms with E-state index in [-0.39, 0.29) is 0 Å². The summed E-state index contributed by atoms with van der Waals surface area (Å²) >= 11 is 0. The molecular formula is C49H43N3O4. The third kappa shape index (κ3) is 9.25. The first-order valence-electron chi connectivity index (χ1n) is 18.9. The Morgan fingerprint density at radius 2 is 1.09 bits per heavy atom. The number of hydrogen-bond acceptors (Lipinski definition) is 7. The molecular weight excluding hydrogens is 695 g/mol. The van der Waals surface area contributed by atoms with Gasteiger partial charge in [-0.1, -0.05) is 144 Å². The van der Waals surface area contributed by atoms with Gasteiger partial charge in [-0.25, -0.2) is 9.59 Å². The largest absolute Gasteiger partial charge is 0.332 e. The van der Waals surface area contributed by atoms with E-state index in [9.17, 15) is 9.59 Å². The number of carbonyl (C=O) groups is 2. The van der Waals surface area contributed by atoms with Crippen molar-refractivity contribution in [3.05, 3.63) is 202 Å². The minimum atomic E-state index is -0.489. The van der Waals surface area contributed by atoms with Crippen molar-refractivity contribution in [2.45, 2.75) is 46.0 Å². The Morgan fingerprint density at radius 1 is 0.554 bits per heavy atom. The summed E-state index contributed by atoms with van der Waals surface area (Å²) in [5.41, 5.74) is 9.94. The number of nitrogens with zero attached hydrogens (tertiary/aromatic N) is 3. The number of fused-ring (bicyclic) bond motifs is 1. The van der Waals surface area contributed by atoms with Gasteiger partial charge >= 0.3 is 11.9 Å². The van der Waals surface area contributed by atoms with Gasteiger partial charge in [-0.2, -0.15) is 0 Å². The summed E-state index contributed by atoms with van der Waals surface area (Å²) in [6.07, 6.45) is 6.72. The average Bonchev–Trinajstić information content (AvgIpc) is 3.23. The fourth-order valence-electron chi connectivity index (χ4n) is 7.08. The molecule has 7 rings (SSSR count). The van der Waals surface area contributed by atoms with Crippen molar-refractivity contribution >= 4 is 46.5 Å². The van der Waals surface area contributed by atoms with Crippen LogP contribution in [0.4, 0.5) is 11.4 Å². The molecule has 0 radical (unpaired) electrons. The molecule has 1 aliphatic carbocycles. The number of carbonyl (C=O) groups excluding carboxylic acids is 2. The molecule has 0 atom stereocenters. The molecule has 0 bridgehead atoms. The summed E-state index contributed by atoms with van der Waals surface area (Å²) in [7, 11) is 0. The molecule has 0 heterocycles. The van der Waals surface area contributed by atoms with Crippen LogP contribution < -0.4 is 15.3 Å². The minimum absolute atomic E-state index is 0.489. The standard InChI is InChI=1S/C49H43N3O4/c1-35(53)55-50-48(40-21-8-4-9-22-40)42-28-30-44(31-29-42)52(47-27-15-25-39-20-12-13-26-46(39)47)45-33-38(19-14-18-37-16-6-3-7-17-37)32-43(34-45)49(51-56-36(2)54)41-23-10-5-11-24-41/h3-13,16-17,20-26,28-34H,14-15,18-19,27H2,1-2H3/b50-48-,51-49-. The maximum atomic E-state index is 12.1. The number of anilines is 2. The van der Waals surface area contributed by atoms with Crippen molar-refractivity contribution < 1.29 is 19.3 Å². The van der Waals surface area contributed by atoms with E-state index in [0.29, 0.717) is 11.4 Å². The molecule has 0 amide bonds. The second-order valence-electron chi connectivity index (χ2n) is 13.7. The van der Waals surface area contributed by atoms with Gasteiger partial charge in [-0.15, -0.1) is 0 Å². The van der Waals surface area contributed by atoms with Gasteiger partial charge in [0, 0.05) is 58.4 Å². The van der Waals surface area contributed by atoms with Crippen molar-refractivity contribution in [3.63, 3.8) is 0 Å². The lowest BCUT2D eigenvalue weighted by Crippen LogP contribution is -2.35. The van der Waals surface area contributed by atoms with E-state index in [1.165, 1.54) is 30.3 Å². The van der Waals surface area contributed by atoms with Gasteiger partial charge in [-0.3, -0.25) is 0 Å². The van der Waals surface area contributed by atoms with Crippen LogP contribution in [0.15, 0.2) is 168 Å². The third-order valence-corrected chi connectivity index (χ3v) is 9.59. The molecule has 7 heteroatoms. The number of aryl methyl sites for hydroxylation is 2. The van der Waals surface area contributed by atoms with Crippen molar-refractivity contribution in [2.75, 3.05) is 4.90 Å². The average molecular weight is 738 g/mol. The van der Waals surface area contributed by atoms with Crippen LogP contribution in [-0.4, -0.2) is 23.4 Å². The van der Waals surface area contributed by atoms with Gasteiger partial charge in [0.1, 0.15) is 11.4 Å². The van der Waals surface area contributed by atoms with Crippen LogP contribution in [-0.2, 0) is 32.1 Å². The second-order valence-corrected chi connectivity index (χ2v) is 13.7. The summed E-state index contributed by atoms with van der Waals surface area (Å²) in [5, 5.41) is 11.0. The molecule has 0 saturated heterocycles. The van der Waals surface area contributed by atoms with Crippen LogP contribution in [0.2, 0.25) is 0 Å². The first-order valence-corrected chi connectivity index (χ1v) is 18.9. The van der Waals surface area contributed by atoms with Gasteiger partial charge in [0.15, 0.2) is 0 Å². The zero-order valence-corrected chi connectivity index (χ0v) is 31.6. The van der Waals surface area contributed by atoms with Crippen LogP contribution in [0.5, 0.6) is 0 Å². The topological polar surface area (TPSA) is 80.6 Å². The van der Waals surface area contributed by atoms with Crippen LogP contribution in [0.1, 0.15) is 66.5 Å². The van der Waals surface area contributed by atoms with E-state index in [4.69, 9.17) is 9.68 Å². The number of hydrogen-bond donors (Lipinski definition) is 0. The fraction of sp³-hybridized carbons (Fsp3) is 0.143. The maximum absolute atomic E-state index is 12.1. The molecule has 0 unspecified atom stereocenters. The monoisotopic (exact) mass is 737 g/mol. The second kappa shape index (κ2) is 18.0. The van der Waals surface area contributed by atoms with Crippen LogP contribution >= 0.6 is 0 Å². The Labute approximate surface area is 327 Å². The van der Waals surface area contributed by atoms with Crippen molar-refractivity contribution in [1.82, 2.24) is 0 Å². The van der Waals surface area contributed by atoms with Crippen molar-refractivity contribution in [3.8, 4) is 0 Å². The molecule has 0 N–H and O–H groups in total. The smallest absolute Gasteiger partial charge is 0.318 e. The Kier molecular flexibility index (Phi) is 12.0. The summed E-state index contributed by atoms with van der Waals surface area (Å²) < 4.78 is 0. The Bertz CT molecular complexity index is 2500. The van der Waals surface area contributed by atoms with Crippen molar-refractivity contribution in [2.24, 2.45) is 10.3 Å². The van der Waals surface area contributed by atoms with E-state index in [1.807, 2.05) is 78.9 Å². The molecule has 278 valence electrons. The normalized spacial score (nSPS) is 12.6. The maximum Gasteiger partial charge on any atom is 0.332 e. The highest BCUT2D eigenvalue weighted by atomic mass is 16.7. The lowest BCUT2D eigenvalue weighted by molar-refractivity contribution is -0.141. The van der Waals surface area contributed by atoms with Gasteiger partial charge in [0.05, 0.1) is 0 Å². The first kappa shape index (κ1) is 37.5. The van der Waals surface area contributed by atoms with Crippen molar-refractivity contribution in [1.29, 1.82) is 0 Å². The van der Waals surface area contributed by atoms with E-state index in [0.717, 1.165) is 76.5 Å². The van der Waals surface area contributed by atoms with E-state index < -0.39 is 11.9 Å². The summed E-state index contributed by atoms with van der Waals surface area (Å²) in [6.45, 7) is 2.70. The van der Waals surface area contributed by atoms with Crippen LogP contribution in [0.25, 0.3) is 11.8 Å². The highest BCUT2D eigenvalue weighted by Gasteiger charge is 2.21. The molecule has 1 aliphatic rings. The molecule has 0 aliphatic heterocycles. The molecule has 0 fully saturated rings. The predicted molar refractivity (Wildman–Crippen MR) is 224 cm³/mol. The fourth-order valence-corrected chi connectivity index (χ4v) is 7.08. The molecule has 6 aromatic rings. The highest BCUT2D eigenvalue weighted by molar-refractivity contribution is 6.14. The Balaban J connectivity index is 1.40. The molecule has 0 spiro atoms. The summed E-state index contributed by atoms with van der Waals surface area (Å²) in [6, 6.07) is 53.3. The third-order valence-electron chi connectivity index (χ3n) is 9.59.